The summed E-state index contributed by atoms with van der Waals surface area (Å²) < 4.78 is 11.1. The second-order valence-corrected chi connectivity index (χ2v) is 4.69. The van der Waals surface area contributed by atoms with Gasteiger partial charge in [-0.1, -0.05) is 12.1 Å². The molecule has 0 saturated carbocycles. The first-order chi connectivity index (χ1) is 9.60. The summed E-state index contributed by atoms with van der Waals surface area (Å²) in [5.41, 5.74) is 6.39. The van der Waals surface area contributed by atoms with Crippen LogP contribution >= 0.6 is 0 Å². The first kappa shape index (κ1) is 12.5. The van der Waals surface area contributed by atoms with Crippen molar-refractivity contribution in [3.8, 4) is 5.75 Å². The van der Waals surface area contributed by atoms with Gasteiger partial charge in [0, 0.05) is 12.4 Å². The van der Waals surface area contributed by atoms with Gasteiger partial charge >= 0.3 is 0 Å². The highest BCUT2D eigenvalue weighted by Gasteiger charge is 2.28. The standard InChI is InChI=1S/C14H15N3O3/c1-17-12(18)7-9(16-14(17)15)11-6-8-4-3-5-10(19-2)13(8)20-11/h3-6,9H,7H2,1-2H3,(H2,15,16). The molecule has 2 heterocycles. The molecule has 3 rings (SSSR count). The predicted molar refractivity (Wildman–Crippen MR) is 74.5 cm³/mol. The largest absolute Gasteiger partial charge is 0.493 e. The Hall–Kier alpha value is -2.50. The van der Waals surface area contributed by atoms with Crippen LogP contribution in [0.3, 0.4) is 0 Å². The van der Waals surface area contributed by atoms with E-state index < -0.39 is 0 Å². The Morgan fingerprint density at radius 1 is 1.50 bits per heavy atom. The molecule has 0 spiro atoms. The van der Waals surface area contributed by atoms with Crippen LogP contribution in [0.1, 0.15) is 18.2 Å². The summed E-state index contributed by atoms with van der Waals surface area (Å²) in [6, 6.07) is 7.13. The summed E-state index contributed by atoms with van der Waals surface area (Å²) in [7, 11) is 3.20. The molecule has 0 radical (unpaired) electrons. The molecule has 20 heavy (non-hydrogen) atoms. The van der Waals surface area contributed by atoms with Gasteiger partial charge in [0.25, 0.3) is 0 Å². The molecule has 104 valence electrons. The predicted octanol–water partition coefficient (Wildman–Crippen LogP) is 1.66. The fourth-order valence-electron chi connectivity index (χ4n) is 2.27. The molecule has 0 saturated heterocycles. The minimum atomic E-state index is -0.379. The van der Waals surface area contributed by atoms with Gasteiger partial charge in [-0.15, -0.1) is 0 Å². The third-order valence-corrected chi connectivity index (χ3v) is 3.45. The second-order valence-electron chi connectivity index (χ2n) is 4.69. The molecule has 6 heteroatoms. The summed E-state index contributed by atoms with van der Waals surface area (Å²) in [5, 5.41) is 0.916. The molecule has 2 aromatic rings. The molecule has 1 atom stereocenters. The van der Waals surface area contributed by atoms with Crippen molar-refractivity contribution in [2.45, 2.75) is 12.5 Å². The average molecular weight is 273 g/mol. The molecule has 1 aromatic heterocycles. The molecular formula is C14H15N3O3. The van der Waals surface area contributed by atoms with Gasteiger partial charge < -0.3 is 14.9 Å². The van der Waals surface area contributed by atoms with E-state index in [0.29, 0.717) is 17.1 Å². The van der Waals surface area contributed by atoms with E-state index in [4.69, 9.17) is 14.9 Å². The van der Waals surface area contributed by atoms with E-state index in [9.17, 15) is 4.79 Å². The van der Waals surface area contributed by atoms with E-state index in [0.717, 1.165) is 5.39 Å². The number of methoxy groups -OCH3 is 1. The number of ether oxygens (including phenoxy) is 1. The fourth-order valence-corrected chi connectivity index (χ4v) is 2.27. The Labute approximate surface area is 115 Å². The Balaban J connectivity index is 2.05. The number of carbonyl (C=O) groups is 1. The quantitative estimate of drug-likeness (QED) is 0.902. The van der Waals surface area contributed by atoms with Crippen LogP contribution in [0.5, 0.6) is 5.75 Å². The monoisotopic (exact) mass is 273 g/mol. The number of carbonyl (C=O) groups excluding carboxylic acids is 1. The van der Waals surface area contributed by atoms with Crippen LogP contribution in [0.4, 0.5) is 0 Å². The van der Waals surface area contributed by atoms with Gasteiger partial charge in [-0.05, 0) is 12.1 Å². The summed E-state index contributed by atoms with van der Waals surface area (Å²) in [6.07, 6.45) is 0.249. The highest BCUT2D eigenvalue weighted by Crippen LogP contribution is 2.34. The zero-order chi connectivity index (χ0) is 14.3. The van der Waals surface area contributed by atoms with E-state index in [1.165, 1.54) is 4.90 Å². The number of hydrogen-bond donors (Lipinski definition) is 1. The topological polar surface area (TPSA) is 81.1 Å². The van der Waals surface area contributed by atoms with Crippen molar-refractivity contribution < 1.29 is 13.9 Å². The normalized spacial score (nSPS) is 19.3. The van der Waals surface area contributed by atoms with Gasteiger partial charge in [-0.2, -0.15) is 0 Å². The Bertz CT molecular complexity index is 705. The first-order valence-corrected chi connectivity index (χ1v) is 6.26. The van der Waals surface area contributed by atoms with Crippen LogP contribution in [-0.2, 0) is 4.79 Å². The summed E-state index contributed by atoms with van der Waals surface area (Å²) in [6.45, 7) is 0. The molecule has 1 aromatic carbocycles. The fraction of sp³-hybridized carbons (Fsp3) is 0.286. The van der Waals surface area contributed by atoms with E-state index in [1.807, 2.05) is 24.3 Å². The summed E-state index contributed by atoms with van der Waals surface area (Å²) in [4.78, 5) is 17.5. The number of amides is 1. The maximum absolute atomic E-state index is 11.8. The number of fused-ring (bicyclic) bond motifs is 1. The summed E-state index contributed by atoms with van der Waals surface area (Å²) in [5.74, 6) is 1.41. The number of nitrogens with two attached hydrogens (primary N) is 1. The molecule has 1 aliphatic rings. The Morgan fingerprint density at radius 2 is 2.30 bits per heavy atom. The van der Waals surface area contributed by atoms with Crippen LogP contribution < -0.4 is 10.5 Å². The van der Waals surface area contributed by atoms with Crippen LogP contribution in [0, 0.1) is 0 Å². The van der Waals surface area contributed by atoms with Gasteiger partial charge in [0.05, 0.1) is 13.5 Å². The van der Waals surface area contributed by atoms with E-state index >= 15 is 0 Å². The molecule has 0 aliphatic carbocycles. The number of rotatable bonds is 2. The van der Waals surface area contributed by atoms with Gasteiger partial charge in [-0.25, -0.2) is 4.99 Å². The van der Waals surface area contributed by atoms with E-state index in [1.54, 1.807) is 14.2 Å². The van der Waals surface area contributed by atoms with E-state index in [2.05, 4.69) is 4.99 Å². The van der Waals surface area contributed by atoms with Crippen LogP contribution in [0.15, 0.2) is 33.7 Å². The van der Waals surface area contributed by atoms with Crippen molar-refractivity contribution in [3.63, 3.8) is 0 Å². The molecule has 0 bridgehead atoms. The first-order valence-electron chi connectivity index (χ1n) is 6.26. The molecule has 2 N–H and O–H groups in total. The molecule has 0 fully saturated rings. The minimum Gasteiger partial charge on any atom is -0.493 e. The van der Waals surface area contributed by atoms with Crippen LogP contribution in [-0.4, -0.2) is 30.9 Å². The minimum absolute atomic E-state index is 0.0741. The molecule has 6 nitrogen and oxygen atoms in total. The average Bonchev–Trinajstić information content (AvgIpc) is 2.88. The lowest BCUT2D eigenvalue weighted by Gasteiger charge is -2.24. The van der Waals surface area contributed by atoms with Crippen LogP contribution in [0.2, 0.25) is 0 Å². The third kappa shape index (κ3) is 1.89. The lowest BCUT2D eigenvalue weighted by atomic mass is 10.1. The highest BCUT2D eigenvalue weighted by atomic mass is 16.5. The highest BCUT2D eigenvalue weighted by molar-refractivity contribution is 5.98. The number of furan rings is 1. The lowest BCUT2D eigenvalue weighted by molar-refractivity contribution is -0.127. The number of hydrogen-bond acceptors (Lipinski definition) is 5. The molecule has 1 amide bonds. The number of nitrogens with zero attached hydrogens (tertiary/aromatic N) is 2. The maximum atomic E-state index is 11.8. The van der Waals surface area contributed by atoms with Crippen molar-refractivity contribution >= 4 is 22.8 Å². The maximum Gasteiger partial charge on any atom is 0.231 e. The SMILES string of the molecule is COc1cccc2cc(C3CC(=O)N(C)C(N)=N3)oc12. The van der Waals surface area contributed by atoms with Crippen molar-refractivity contribution in [1.82, 2.24) is 4.90 Å². The van der Waals surface area contributed by atoms with Crippen molar-refractivity contribution in [1.29, 1.82) is 0 Å². The van der Waals surface area contributed by atoms with Crippen molar-refractivity contribution in [2.75, 3.05) is 14.2 Å². The smallest absolute Gasteiger partial charge is 0.231 e. The number of benzene rings is 1. The van der Waals surface area contributed by atoms with Crippen LogP contribution in [0.25, 0.3) is 11.0 Å². The number of guanidine groups is 1. The number of para-hydroxylation sites is 1. The summed E-state index contributed by atoms with van der Waals surface area (Å²) >= 11 is 0. The third-order valence-electron chi connectivity index (χ3n) is 3.45. The second kappa shape index (κ2) is 4.56. The Kier molecular flexibility index (Phi) is 2.85. The van der Waals surface area contributed by atoms with Crippen molar-refractivity contribution in [2.24, 2.45) is 10.7 Å². The number of aliphatic imine (C=N–C) groups is 1. The zero-order valence-corrected chi connectivity index (χ0v) is 11.3. The van der Waals surface area contributed by atoms with Gasteiger partial charge in [-0.3, -0.25) is 9.69 Å². The van der Waals surface area contributed by atoms with Crippen molar-refractivity contribution in [3.05, 3.63) is 30.0 Å². The lowest BCUT2D eigenvalue weighted by Crippen LogP contribution is -2.42. The van der Waals surface area contributed by atoms with Gasteiger partial charge in [0.2, 0.25) is 5.91 Å². The van der Waals surface area contributed by atoms with E-state index in [-0.39, 0.29) is 24.3 Å². The zero-order valence-electron chi connectivity index (χ0n) is 11.3. The Morgan fingerprint density at radius 3 is 3.00 bits per heavy atom. The van der Waals surface area contributed by atoms with Gasteiger partial charge in [0.1, 0.15) is 11.8 Å². The van der Waals surface area contributed by atoms with Gasteiger partial charge in [0.15, 0.2) is 17.3 Å². The molecule has 1 aliphatic heterocycles. The molecular weight excluding hydrogens is 258 g/mol. The molecule has 1 unspecified atom stereocenters.